The Morgan fingerprint density at radius 2 is 1.13 bits per heavy atom. The molecule has 0 heterocycles. The van der Waals surface area contributed by atoms with Crippen molar-refractivity contribution in [3.8, 4) is 0 Å². The van der Waals surface area contributed by atoms with Gasteiger partial charge in [-0.15, -0.1) is 0 Å². The number of carboxylic acids is 2. The smallest absolute Gasteiger partial charge is 0.321 e. The van der Waals surface area contributed by atoms with Gasteiger partial charge in [0.05, 0.1) is 18.8 Å². The summed E-state index contributed by atoms with van der Waals surface area (Å²) in [6.45, 7) is 13.8. The van der Waals surface area contributed by atoms with E-state index in [0.29, 0.717) is 12.8 Å². The predicted molar refractivity (Wildman–Crippen MR) is 112 cm³/mol. The second kappa shape index (κ2) is 12.0. The first-order chi connectivity index (χ1) is 14.0. The minimum absolute atomic E-state index is 0.00932. The maximum atomic E-state index is 12.2. The molecule has 2 N–H and O–H groups in total. The van der Waals surface area contributed by atoms with Gasteiger partial charge in [-0.25, -0.2) is 0 Å². The zero-order chi connectivity index (χ0) is 24.6. The third kappa shape index (κ3) is 10.6. The highest BCUT2D eigenvalue weighted by molar-refractivity contribution is 5.94. The topological polar surface area (TPSA) is 136 Å². The van der Waals surface area contributed by atoms with Gasteiger partial charge in [0.25, 0.3) is 0 Å². The normalized spacial score (nSPS) is 14.3. The van der Waals surface area contributed by atoms with Crippen molar-refractivity contribution in [3.05, 3.63) is 0 Å². The number of carbonyl (C=O) groups is 4. The summed E-state index contributed by atoms with van der Waals surface area (Å²) in [5.41, 5.74) is -1.59. The van der Waals surface area contributed by atoms with Crippen molar-refractivity contribution in [2.45, 2.75) is 79.4 Å². The molecule has 0 saturated carbocycles. The van der Waals surface area contributed by atoms with Crippen molar-refractivity contribution in [2.24, 2.45) is 23.7 Å². The van der Waals surface area contributed by atoms with Crippen LogP contribution in [0.5, 0.6) is 0 Å². The summed E-state index contributed by atoms with van der Waals surface area (Å²) in [6, 6.07) is 0. The van der Waals surface area contributed by atoms with Crippen LogP contribution in [-0.2, 0) is 33.4 Å². The van der Waals surface area contributed by atoms with E-state index in [9.17, 15) is 24.3 Å². The van der Waals surface area contributed by atoms with E-state index in [-0.39, 0.29) is 19.1 Å². The maximum absolute atomic E-state index is 12.2. The molecule has 0 aromatic heterocycles. The molecule has 0 aliphatic rings. The summed E-state index contributed by atoms with van der Waals surface area (Å²) in [5, 5.41) is 18.3. The highest BCUT2D eigenvalue weighted by Crippen LogP contribution is 2.23. The summed E-state index contributed by atoms with van der Waals surface area (Å²) in [7, 11) is 0. The van der Waals surface area contributed by atoms with E-state index in [1.807, 2.05) is 0 Å². The van der Waals surface area contributed by atoms with E-state index in [2.05, 4.69) is 0 Å². The van der Waals surface area contributed by atoms with E-state index in [4.69, 9.17) is 19.3 Å². The molecule has 9 heteroatoms. The average molecular weight is 447 g/mol. The second-order valence-corrected chi connectivity index (χ2v) is 9.58. The van der Waals surface area contributed by atoms with Crippen molar-refractivity contribution in [1.82, 2.24) is 0 Å². The third-order valence-electron chi connectivity index (χ3n) is 4.90. The molecule has 0 aromatic rings. The number of hydrogen-bond donors (Lipinski definition) is 2. The molecule has 0 fully saturated rings. The van der Waals surface area contributed by atoms with E-state index in [0.717, 1.165) is 0 Å². The number of aliphatic carboxylic acids is 2. The zero-order valence-electron chi connectivity index (χ0n) is 19.9. The van der Waals surface area contributed by atoms with Crippen LogP contribution < -0.4 is 0 Å². The number of esters is 2. The molecule has 180 valence electrons. The Labute approximate surface area is 184 Å². The first-order valence-corrected chi connectivity index (χ1v) is 10.5. The van der Waals surface area contributed by atoms with E-state index < -0.39 is 52.8 Å². The Morgan fingerprint density at radius 3 is 1.55 bits per heavy atom. The molecule has 0 bridgehead atoms. The van der Waals surface area contributed by atoms with Gasteiger partial charge in [-0.3, -0.25) is 19.2 Å². The minimum Gasteiger partial charge on any atom is -0.481 e. The summed E-state index contributed by atoms with van der Waals surface area (Å²) in [6.07, 6.45) is 0.679. The average Bonchev–Trinajstić information content (AvgIpc) is 2.51. The fraction of sp³-hybridized carbons (Fsp3) is 0.818. The van der Waals surface area contributed by atoms with Gasteiger partial charge in [0.2, 0.25) is 0 Å². The molecule has 0 aliphatic heterocycles. The molecule has 0 amide bonds. The van der Waals surface area contributed by atoms with Crippen LogP contribution in [0.2, 0.25) is 0 Å². The van der Waals surface area contributed by atoms with Gasteiger partial charge in [-0.2, -0.15) is 0 Å². The van der Waals surface area contributed by atoms with Crippen molar-refractivity contribution in [2.75, 3.05) is 13.2 Å². The second-order valence-electron chi connectivity index (χ2n) is 9.58. The van der Waals surface area contributed by atoms with E-state index in [1.165, 1.54) is 0 Å². The van der Waals surface area contributed by atoms with Crippen molar-refractivity contribution < 1.29 is 43.6 Å². The molecule has 0 saturated heterocycles. The van der Waals surface area contributed by atoms with Crippen LogP contribution in [0.3, 0.4) is 0 Å². The molecular formula is C22H38O9. The summed E-state index contributed by atoms with van der Waals surface area (Å²) >= 11 is 0. The van der Waals surface area contributed by atoms with E-state index in [1.54, 1.807) is 55.4 Å². The lowest BCUT2D eigenvalue weighted by Crippen LogP contribution is -2.38. The van der Waals surface area contributed by atoms with Crippen LogP contribution in [0.25, 0.3) is 0 Å². The van der Waals surface area contributed by atoms with Crippen LogP contribution in [0.4, 0.5) is 0 Å². The molecule has 2 unspecified atom stereocenters. The molecule has 0 spiro atoms. The Kier molecular flexibility index (Phi) is 11.2. The van der Waals surface area contributed by atoms with Gasteiger partial charge in [-0.1, -0.05) is 27.7 Å². The van der Waals surface area contributed by atoms with Gasteiger partial charge in [0, 0.05) is 12.8 Å². The number of carbonyl (C=O) groups excluding carboxylic acids is 2. The zero-order valence-corrected chi connectivity index (χ0v) is 19.9. The van der Waals surface area contributed by atoms with Gasteiger partial charge < -0.3 is 24.4 Å². The Morgan fingerprint density at radius 1 is 0.710 bits per heavy atom. The van der Waals surface area contributed by atoms with Crippen LogP contribution in [0.15, 0.2) is 0 Å². The number of ether oxygens (including phenoxy) is 3. The van der Waals surface area contributed by atoms with Crippen molar-refractivity contribution in [1.29, 1.82) is 0 Å². The Bertz CT molecular complexity index is 635. The van der Waals surface area contributed by atoms with Crippen LogP contribution in [-0.4, -0.2) is 58.5 Å². The Balaban J connectivity index is 4.58. The Hall–Kier alpha value is -2.16. The summed E-state index contributed by atoms with van der Waals surface area (Å²) in [4.78, 5) is 46.7. The number of carboxylic acid groups (broad SMARTS) is 2. The molecule has 0 aliphatic carbocycles. The summed E-state index contributed by atoms with van der Waals surface area (Å²) in [5.74, 6) is -7.20. The molecule has 9 nitrogen and oxygen atoms in total. The largest absolute Gasteiger partial charge is 0.481 e. The van der Waals surface area contributed by atoms with Crippen molar-refractivity contribution in [3.63, 3.8) is 0 Å². The highest BCUT2D eigenvalue weighted by atomic mass is 16.6. The maximum Gasteiger partial charge on any atom is 0.321 e. The van der Waals surface area contributed by atoms with Crippen LogP contribution >= 0.6 is 0 Å². The molecule has 0 aromatic carbocycles. The molecule has 0 rings (SSSR count). The third-order valence-corrected chi connectivity index (χ3v) is 4.90. The first kappa shape index (κ1) is 28.8. The van der Waals surface area contributed by atoms with Crippen LogP contribution in [0.1, 0.15) is 68.2 Å². The van der Waals surface area contributed by atoms with Crippen molar-refractivity contribution >= 4 is 23.9 Å². The minimum atomic E-state index is -1.23. The van der Waals surface area contributed by atoms with Crippen LogP contribution in [0, 0.1) is 23.7 Å². The quantitative estimate of drug-likeness (QED) is 0.304. The SMILES string of the molecule is CC(C)C(C(=O)O)C(=O)OCCC(C)(C)OCCC(C)(C)OC(=O)C(C(=O)O)C(C)C. The van der Waals surface area contributed by atoms with Gasteiger partial charge in [0.1, 0.15) is 5.60 Å². The lowest BCUT2D eigenvalue weighted by Gasteiger charge is -2.30. The number of hydrogen-bond acceptors (Lipinski definition) is 7. The standard InChI is InChI=1S/C22H38O9/c1-13(2)15(17(23)24)19(27)29-11-9-21(5,6)30-12-10-22(7,8)31-20(28)16(14(3)4)18(25)26/h13-16H,9-12H2,1-8H3,(H,23,24)(H,25,26). The highest BCUT2D eigenvalue weighted by Gasteiger charge is 2.35. The molecular weight excluding hydrogens is 408 g/mol. The summed E-state index contributed by atoms with van der Waals surface area (Å²) < 4.78 is 16.3. The number of rotatable bonds is 14. The lowest BCUT2D eigenvalue weighted by molar-refractivity contribution is -0.172. The molecule has 2 atom stereocenters. The fourth-order valence-electron chi connectivity index (χ4n) is 2.84. The van der Waals surface area contributed by atoms with Gasteiger partial charge >= 0.3 is 23.9 Å². The molecule has 31 heavy (non-hydrogen) atoms. The molecule has 0 radical (unpaired) electrons. The fourth-order valence-corrected chi connectivity index (χ4v) is 2.84. The first-order valence-electron chi connectivity index (χ1n) is 10.5. The monoisotopic (exact) mass is 446 g/mol. The lowest BCUT2D eigenvalue weighted by atomic mass is 9.95. The predicted octanol–water partition coefficient (Wildman–Crippen LogP) is 3.14. The van der Waals surface area contributed by atoms with Gasteiger partial charge in [-0.05, 0) is 39.5 Å². The van der Waals surface area contributed by atoms with Gasteiger partial charge in [0.15, 0.2) is 11.8 Å². The van der Waals surface area contributed by atoms with E-state index >= 15 is 0 Å².